The Balaban J connectivity index is 1.73. The van der Waals surface area contributed by atoms with Crippen molar-refractivity contribution in [2.45, 2.75) is 18.4 Å². The number of hydrogen-bond acceptors (Lipinski definition) is 7. The zero-order valence-corrected chi connectivity index (χ0v) is 13.1. The summed E-state index contributed by atoms with van der Waals surface area (Å²) in [7, 11) is 1.58. The highest BCUT2D eigenvalue weighted by atomic mass is 16.5. The maximum Gasteiger partial charge on any atom is 0.218 e. The number of β-amino-alcohol motifs (C(OH)–C–C–N with tert-alkyl or cyclic N) is 1. The van der Waals surface area contributed by atoms with Gasteiger partial charge in [-0.3, -0.25) is 0 Å². The second-order valence-electron chi connectivity index (χ2n) is 6.10. The van der Waals surface area contributed by atoms with Crippen LogP contribution in [0.5, 0.6) is 5.88 Å². The van der Waals surface area contributed by atoms with Crippen LogP contribution in [-0.2, 0) is 4.74 Å². The van der Waals surface area contributed by atoms with Crippen LogP contribution >= 0.6 is 0 Å². The van der Waals surface area contributed by atoms with Crippen LogP contribution in [0.15, 0.2) is 12.4 Å². The van der Waals surface area contributed by atoms with Crippen molar-refractivity contribution >= 4 is 5.82 Å². The van der Waals surface area contributed by atoms with Gasteiger partial charge in [0.15, 0.2) is 0 Å². The zero-order chi connectivity index (χ0) is 15.4. The lowest BCUT2D eigenvalue weighted by molar-refractivity contribution is -0.0439. The number of aromatic nitrogens is 2. The fourth-order valence-corrected chi connectivity index (χ4v) is 3.18. The zero-order valence-electron chi connectivity index (χ0n) is 13.1. The van der Waals surface area contributed by atoms with Crippen molar-refractivity contribution in [2.24, 2.45) is 0 Å². The number of ether oxygens (including phenoxy) is 2. The van der Waals surface area contributed by atoms with Gasteiger partial charge in [0.25, 0.3) is 0 Å². The Morgan fingerprint density at radius 2 is 2.14 bits per heavy atom. The van der Waals surface area contributed by atoms with Crippen molar-refractivity contribution in [3.63, 3.8) is 0 Å². The Morgan fingerprint density at radius 1 is 1.32 bits per heavy atom. The molecule has 1 N–H and O–H groups in total. The molecule has 2 aliphatic rings. The molecule has 0 saturated carbocycles. The molecule has 122 valence electrons. The maximum atomic E-state index is 11.0. The van der Waals surface area contributed by atoms with Gasteiger partial charge < -0.3 is 24.4 Å². The first kappa shape index (κ1) is 15.5. The van der Waals surface area contributed by atoms with Gasteiger partial charge in [-0.1, -0.05) is 0 Å². The van der Waals surface area contributed by atoms with Gasteiger partial charge in [0.1, 0.15) is 17.7 Å². The fourth-order valence-electron chi connectivity index (χ4n) is 3.18. The third-order valence-corrected chi connectivity index (χ3v) is 4.24. The third-order valence-electron chi connectivity index (χ3n) is 4.24. The SMILES string of the molecule is COc1cc(N2CCOCC(O)(CN3CCCC3)C2)ncn1. The summed E-state index contributed by atoms with van der Waals surface area (Å²) in [6.07, 6.45) is 3.91. The summed E-state index contributed by atoms with van der Waals surface area (Å²) in [5, 5.41) is 11.0. The van der Waals surface area contributed by atoms with Crippen molar-refractivity contribution in [1.82, 2.24) is 14.9 Å². The number of anilines is 1. The normalized spacial score (nSPS) is 26.9. The predicted molar refractivity (Wildman–Crippen MR) is 82.2 cm³/mol. The largest absolute Gasteiger partial charge is 0.481 e. The van der Waals surface area contributed by atoms with Gasteiger partial charge in [-0.15, -0.1) is 0 Å². The van der Waals surface area contributed by atoms with E-state index in [2.05, 4.69) is 14.9 Å². The van der Waals surface area contributed by atoms with Gasteiger partial charge in [-0.25, -0.2) is 9.97 Å². The van der Waals surface area contributed by atoms with E-state index in [9.17, 15) is 5.11 Å². The molecule has 7 nitrogen and oxygen atoms in total. The van der Waals surface area contributed by atoms with E-state index in [-0.39, 0.29) is 0 Å². The smallest absolute Gasteiger partial charge is 0.218 e. The molecule has 0 aliphatic carbocycles. The van der Waals surface area contributed by atoms with Crippen LogP contribution < -0.4 is 9.64 Å². The molecule has 2 fully saturated rings. The molecular formula is C15H24N4O3. The second kappa shape index (κ2) is 6.76. The van der Waals surface area contributed by atoms with Crippen LogP contribution in [0, 0.1) is 0 Å². The fraction of sp³-hybridized carbons (Fsp3) is 0.733. The summed E-state index contributed by atoms with van der Waals surface area (Å²) < 4.78 is 10.8. The van der Waals surface area contributed by atoms with Gasteiger partial charge in [0, 0.05) is 19.2 Å². The summed E-state index contributed by atoms with van der Waals surface area (Å²) in [5.41, 5.74) is -0.876. The molecule has 0 radical (unpaired) electrons. The van der Waals surface area contributed by atoms with Gasteiger partial charge in [-0.05, 0) is 25.9 Å². The van der Waals surface area contributed by atoms with Crippen molar-refractivity contribution in [3.8, 4) is 5.88 Å². The van der Waals surface area contributed by atoms with E-state index in [1.165, 1.54) is 19.2 Å². The number of aliphatic hydroxyl groups is 1. The molecular weight excluding hydrogens is 284 g/mol. The topological polar surface area (TPSA) is 71.0 Å². The van der Waals surface area contributed by atoms with E-state index in [4.69, 9.17) is 9.47 Å². The third kappa shape index (κ3) is 3.66. The van der Waals surface area contributed by atoms with E-state index >= 15 is 0 Å². The summed E-state index contributed by atoms with van der Waals surface area (Å²) in [6.45, 7) is 4.90. The molecule has 0 aromatic carbocycles. The molecule has 0 amide bonds. The minimum atomic E-state index is -0.876. The van der Waals surface area contributed by atoms with Crippen LogP contribution in [-0.4, -0.2) is 78.6 Å². The highest BCUT2D eigenvalue weighted by Gasteiger charge is 2.35. The van der Waals surface area contributed by atoms with Crippen molar-refractivity contribution in [2.75, 3.05) is 57.9 Å². The molecule has 2 saturated heterocycles. The molecule has 1 aromatic rings. The lowest BCUT2D eigenvalue weighted by Gasteiger charge is -2.34. The monoisotopic (exact) mass is 308 g/mol. The Kier molecular flexibility index (Phi) is 4.75. The van der Waals surface area contributed by atoms with E-state index in [1.807, 2.05) is 4.90 Å². The Labute approximate surface area is 130 Å². The van der Waals surface area contributed by atoms with E-state index < -0.39 is 5.60 Å². The maximum absolute atomic E-state index is 11.0. The van der Waals surface area contributed by atoms with Crippen LogP contribution in [0.4, 0.5) is 5.82 Å². The average Bonchev–Trinajstić information content (AvgIpc) is 2.95. The Morgan fingerprint density at radius 3 is 2.91 bits per heavy atom. The van der Waals surface area contributed by atoms with Gasteiger partial charge in [-0.2, -0.15) is 0 Å². The quantitative estimate of drug-likeness (QED) is 0.849. The molecule has 22 heavy (non-hydrogen) atoms. The summed E-state index contributed by atoms with van der Waals surface area (Å²) in [4.78, 5) is 12.7. The van der Waals surface area contributed by atoms with Gasteiger partial charge >= 0.3 is 0 Å². The number of likely N-dealkylation sites (tertiary alicyclic amines) is 1. The molecule has 7 heteroatoms. The minimum Gasteiger partial charge on any atom is -0.481 e. The standard InChI is InChI=1S/C15H24N4O3/c1-21-14-8-13(16-12-17-14)19-6-7-22-11-15(20,10-19)9-18-4-2-3-5-18/h8,12,20H,2-7,9-11H2,1H3. The highest BCUT2D eigenvalue weighted by Crippen LogP contribution is 2.22. The lowest BCUT2D eigenvalue weighted by atomic mass is 10.0. The predicted octanol–water partition coefficient (Wildman–Crippen LogP) is 0.149. The van der Waals surface area contributed by atoms with E-state index in [1.54, 1.807) is 13.2 Å². The first-order valence-corrected chi connectivity index (χ1v) is 7.82. The minimum absolute atomic E-state index is 0.363. The second-order valence-corrected chi connectivity index (χ2v) is 6.10. The lowest BCUT2D eigenvalue weighted by Crippen LogP contribution is -2.52. The first-order chi connectivity index (χ1) is 10.7. The van der Waals surface area contributed by atoms with Crippen LogP contribution in [0.25, 0.3) is 0 Å². The number of methoxy groups -OCH3 is 1. The average molecular weight is 308 g/mol. The molecule has 1 atom stereocenters. The molecule has 1 aromatic heterocycles. The number of nitrogens with zero attached hydrogens (tertiary/aromatic N) is 4. The molecule has 0 bridgehead atoms. The van der Waals surface area contributed by atoms with Gasteiger partial charge in [0.05, 0.1) is 26.9 Å². The molecule has 3 rings (SSSR count). The molecule has 3 heterocycles. The molecule has 1 unspecified atom stereocenters. The van der Waals surface area contributed by atoms with E-state index in [0.717, 1.165) is 18.9 Å². The van der Waals surface area contributed by atoms with Crippen LogP contribution in [0.1, 0.15) is 12.8 Å². The Hall–Kier alpha value is -1.44. The number of hydrogen-bond donors (Lipinski definition) is 1. The Bertz CT molecular complexity index is 495. The summed E-state index contributed by atoms with van der Waals surface area (Å²) >= 11 is 0. The van der Waals surface area contributed by atoms with Crippen molar-refractivity contribution in [1.29, 1.82) is 0 Å². The van der Waals surface area contributed by atoms with Crippen LogP contribution in [0.3, 0.4) is 0 Å². The first-order valence-electron chi connectivity index (χ1n) is 7.82. The van der Waals surface area contributed by atoms with Crippen LogP contribution in [0.2, 0.25) is 0 Å². The molecule has 0 spiro atoms. The van der Waals surface area contributed by atoms with Crippen molar-refractivity contribution in [3.05, 3.63) is 12.4 Å². The van der Waals surface area contributed by atoms with Crippen molar-refractivity contribution < 1.29 is 14.6 Å². The summed E-state index contributed by atoms with van der Waals surface area (Å²) in [5.74, 6) is 1.29. The highest BCUT2D eigenvalue weighted by molar-refractivity contribution is 5.41. The van der Waals surface area contributed by atoms with E-state index in [0.29, 0.717) is 38.7 Å². The number of rotatable bonds is 4. The molecule has 2 aliphatic heterocycles. The van der Waals surface area contributed by atoms with Gasteiger partial charge in [0.2, 0.25) is 5.88 Å². The summed E-state index contributed by atoms with van der Waals surface area (Å²) in [6, 6.07) is 1.79.